The molecule has 0 bridgehead atoms. The lowest BCUT2D eigenvalue weighted by Gasteiger charge is -2.26. The fourth-order valence-corrected chi connectivity index (χ4v) is 1.18. The van der Waals surface area contributed by atoms with Gasteiger partial charge in [-0.1, -0.05) is 13.8 Å². The number of rotatable bonds is 9. The van der Waals surface area contributed by atoms with Gasteiger partial charge in [-0.3, -0.25) is 4.79 Å². The SMILES string of the molecule is CCCNC(COC(C)(C)CC)C(=O)OCC. The Kier molecular flexibility index (Phi) is 8.17. The van der Waals surface area contributed by atoms with Crippen molar-refractivity contribution in [1.29, 1.82) is 0 Å². The standard InChI is InChI=1S/C13H27NO3/c1-6-9-14-11(12(15)16-8-3)10-17-13(4,5)7-2/h11,14H,6-10H2,1-5H3. The summed E-state index contributed by atoms with van der Waals surface area (Å²) in [5, 5.41) is 3.15. The number of nitrogens with one attached hydrogen (secondary N) is 1. The molecule has 0 aliphatic carbocycles. The van der Waals surface area contributed by atoms with E-state index in [2.05, 4.69) is 19.2 Å². The molecule has 0 rings (SSSR count). The fourth-order valence-electron chi connectivity index (χ4n) is 1.18. The Morgan fingerprint density at radius 2 is 1.94 bits per heavy atom. The second-order valence-corrected chi connectivity index (χ2v) is 4.68. The molecule has 0 aliphatic heterocycles. The highest BCUT2D eigenvalue weighted by Gasteiger charge is 2.23. The minimum atomic E-state index is -0.360. The molecular formula is C13H27NO3. The Morgan fingerprint density at radius 1 is 1.29 bits per heavy atom. The molecule has 1 unspecified atom stereocenters. The van der Waals surface area contributed by atoms with Crippen LogP contribution < -0.4 is 5.32 Å². The highest BCUT2D eigenvalue weighted by atomic mass is 16.5. The van der Waals surface area contributed by atoms with Crippen molar-refractivity contribution in [3.05, 3.63) is 0 Å². The van der Waals surface area contributed by atoms with E-state index in [1.807, 2.05) is 20.8 Å². The molecule has 0 amide bonds. The van der Waals surface area contributed by atoms with Gasteiger partial charge in [0.1, 0.15) is 6.04 Å². The van der Waals surface area contributed by atoms with Crippen molar-refractivity contribution < 1.29 is 14.3 Å². The average molecular weight is 245 g/mol. The predicted molar refractivity (Wildman–Crippen MR) is 69.0 cm³/mol. The first-order valence-electron chi connectivity index (χ1n) is 6.50. The van der Waals surface area contributed by atoms with Gasteiger partial charge in [-0.05, 0) is 40.2 Å². The second-order valence-electron chi connectivity index (χ2n) is 4.68. The zero-order valence-corrected chi connectivity index (χ0v) is 11.8. The number of hydrogen-bond acceptors (Lipinski definition) is 4. The topological polar surface area (TPSA) is 47.6 Å². The summed E-state index contributed by atoms with van der Waals surface area (Å²) in [4.78, 5) is 11.7. The van der Waals surface area contributed by atoms with Gasteiger partial charge in [0.15, 0.2) is 0 Å². The first-order valence-corrected chi connectivity index (χ1v) is 6.50. The maximum absolute atomic E-state index is 11.7. The molecule has 1 N–H and O–H groups in total. The Labute approximate surface area is 105 Å². The molecular weight excluding hydrogens is 218 g/mol. The normalized spacial score (nSPS) is 13.5. The summed E-state index contributed by atoms with van der Waals surface area (Å²) in [7, 11) is 0. The van der Waals surface area contributed by atoms with Crippen LogP contribution in [0.3, 0.4) is 0 Å². The third-order valence-electron chi connectivity index (χ3n) is 2.70. The zero-order valence-electron chi connectivity index (χ0n) is 11.8. The lowest BCUT2D eigenvalue weighted by atomic mass is 10.1. The summed E-state index contributed by atoms with van der Waals surface area (Å²) < 4.78 is 10.8. The van der Waals surface area contributed by atoms with E-state index in [0.717, 1.165) is 19.4 Å². The van der Waals surface area contributed by atoms with Crippen LogP contribution in [-0.2, 0) is 14.3 Å². The smallest absolute Gasteiger partial charge is 0.325 e. The van der Waals surface area contributed by atoms with E-state index < -0.39 is 0 Å². The van der Waals surface area contributed by atoms with Crippen molar-refractivity contribution in [2.24, 2.45) is 0 Å². The molecule has 102 valence electrons. The van der Waals surface area contributed by atoms with E-state index in [9.17, 15) is 4.79 Å². The number of hydrogen-bond donors (Lipinski definition) is 1. The molecule has 0 aromatic rings. The van der Waals surface area contributed by atoms with E-state index in [1.54, 1.807) is 0 Å². The van der Waals surface area contributed by atoms with Crippen molar-refractivity contribution in [2.75, 3.05) is 19.8 Å². The lowest BCUT2D eigenvalue weighted by Crippen LogP contribution is -2.44. The van der Waals surface area contributed by atoms with Crippen LogP contribution in [0.15, 0.2) is 0 Å². The molecule has 0 saturated heterocycles. The van der Waals surface area contributed by atoms with Gasteiger partial charge >= 0.3 is 5.97 Å². The molecule has 0 heterocycles. The Hall–Kier alpha value is -0.610. The van der Waals surface area contributed by atoms with Gasteiger partial charge in [-0.2, -0.15) is 0 Å². The number of esters is 1. The van der Waals surface area contributed by atoms with E-state index >= 15 is 0 Å². The van der Waals surface area contributed by atoms with Gasteiger partial charge in [0.2, 0.25) is 0 Å². The maximum atomic E-state index is 11.7. The van der Waals surface area contributed by atoms with Gasteiger partial charge in [-0.25, -0.2) is 0 Å². The highest BCUT2D eigenvalue weighted by Crippen LogP contribution is 2.13. The quantitative estimate of drug-likeness (QED) is 0.632. The van der Waals surface area contributed by atoms with E-state index in [0.29, 0.717) is 13.2 Å². The molecule has 0 spiro atoms. The molecule has 1 atom stereocenters. The maximum Gasteiger partial charge on any atom is 0.325 e. The Balaban J connectivity index is 4.23. The molecule has 0 fully saturated rings. The van der Waals surface area contributed by atoms with Gasteiger partial charge in [0.25, 0.3) is 0 Å². The lowest BCUT2D eigenvalue weighted by molar-refractivity contribution is -0.149. The molecule has 0 aromatic heterocycles. The van der Waals surface area contributed by atoms with Gasteiger partial charge in [0, 0.05) is 0 Å². The van der Waals surface area contributed by atoms with Crippen LogP contribution in [0.5, 0.6) is 0 Å². The first-order chi connectivity index (χ1) is 7.96. The summed E-state index contributed by atoms with van der Waals surface area (Å²) in [6.45, 7) is 11.5. The Bertz CT molecular complexity index is 217. The molecule has 0 radical (unpaired) electrons. The minimum Gasteiger partial charge on any atom is -0.465 e. The Morgan fingerprint density at radius 3 is 2.41 bits per heavy atom. The first kappa shape index (κ1) is 16.4. The fraction of sp³-hybridized carbons (Fsp3) is 0.923. The largest absolute Gasteiger partial charge is 0.465 e. The number of carbonyl (C=O) groups is 1. The van der Waals surface area contributed by atoms with Gasteiger partial charge in [-0.15, -0.1) is 0 Å². The summed E-state index contributed by atoms with van der Waals surface area (Å²) >= 11 is 0. The zero-order chi connectivity index (χ0) is 13.3. The molecule has 0 aliphatic rings. The highest BCUT2D eigenvalue weighted by molar-refractivity contribution is 5.75. The van der Waals surface area contributed by atoms with Crippen LogP contribution in [-0.4, -0.2) is 37.4 Å². The van der Waals surface area contributed by atoms with Crippen LogP contribution in [0.25, 0.3) is 0 Å². The predicted octanol–water partition coefficient (Wildman–Crippen LogP) is 2.12. The van der Waals surface area contributed by atoms with Gasteiger partial charge < -0.3 is 14.8 Å². The summed E-state index contributed by atoms with van der Waals surface area (Å²) in [6, 6.07) is -0.360. The van der Waals surface area contributed by atoms with Crippen LogP contribution >= 0.6 is 0 Å². The van der Waals surface area contributed by atoms with E-state index in [1.165, 1.54) is 0 Å². The number of ether oxygens (including phenoxy) is 2. The van der Waals surface area contributed by atoms with Crippen molar-refractivity contribution in [2.45, 2.75) is 59.1 Å². The summed E-state index contributed by atoms with van der Waals surface area (Å²) in [5.41, 5.74) is -0.196. The molecule has 4 nitrogen and oxygen atoms in total. The van der Waals surface area contributed by atoms with Crippen LogP contribution in [0.2, 0.25) is 0 Å². The third kappa shape index (κ3) is 7.34. The van der Waals surface area contributed by atoms with Crippen LogP contribution in [0, 0.1) is 0 Å². The number of carbonyl (C=O) groups excluding carboxylic acids is 1. The second kappa shape index (κ2) is 8.48. The van der Waals surface area contributed by atoms with Crippen LogP contribution in [0.4, 0.5) is 0 Å². The van der Waals surface area contributed by atoms with Crippen molar-refractivity contribution in [3.63, 3.8) is 0 Å². The van der Waals surface area contributed by atoms with Crippen molar-refractivity contribution in [1.82, 2.24) is 5.32 Å². The van der Waals surface area contributed by atoms with Crippen molar-refractivity contribution >= 4 is 5.97 Å². The molecule has 0 aromatic carbocycles. The molecule has 17 heavy (non-hydrogen) atoms. The molecule has 0 saturated carbocycles. The third-order valence-corrected chi connectivity index (χ3v) is 2.70. The molecule has 4 heteroatoms. The van der Waals surface area contributed by atoms with E-state index in [4.69, 9.17) is 9.47 Å². The van der Waals surface area contributed by atoms with E-state index in [-0.39, 0.29) is 17.6 Å². The monoisotopic (exact) mass is 245 g/mol. The van der Waals surface area contributed by atoms with Gasteiger partial charge in [0.05, 0.1) is 18.8 Å². The summed E-state index contributed by atoms with van der Waals surface area (Å²) in [5.74, 6) is -0.229. The average Bonchev–Trinajstić information content (AvgIpc) is 2.29. The van der Waals surface area contributed by atoms with Crippen LogP contribution in [0.1, 0.15) is 47.5 Å². The minimum absolute atomic E-state index is 0.196. The van der Waals surface area contributed by atoms with Crippen molar-refractivity contribution in [3.8, 4) is 0 Å². The summed E-state index contributed by atoms with van der Waals surface area (Å²) in [6.07, 6.45) is 1.89.